The number of benzene rings is 3. The molecule has 2 heterocycles. The highest BCUT2D eigenvalue weighted by molar-refractivity contribution is 7.93. The molecule has 0 unspecified atom stereocenters. The fourth-order valence-electron chi connectivity index (χ4n) is 4.16. The van der Waals surface area contributed by atoms with Gasteiger partial charge in [-0.1, -0.05) is 78.9 Å². The van der Waals surface area contributed by atoms with Gasteiger partial charge >= 0.3 is 5.97 Å². The Hall–Kier alpha value is -4.14. The molecule has 0 aliphatic carbocycles. The molecule has 2 aromatic heterocycles. The molecule has 6 nitrogen and oxygen atoms in total. The minimum Gasteiger partial charge on any atom is -0.477 e. The van der Waals surface area contributed by atoms with Crippen molar-refractivity contribution in [3.63, 3.8) is 0 Å². The first-order chi connectivity index (χ1) is 17.3. The van der Waals surface area contributed by atoms with Crippen LogP contribution in [0.1, 0.15) is 15.4 Å². The quantitative estimate of drug-likeness (QED) is 0.254. The van der Waals surface area contributed by atoms with Crippen LogP contribution in [0, 0.1) is 6.92 Å². The first-order valence-corrected chi connectivity index (χ1v) is 13.4. The molecule has 8 heteroatoms. The molecule has 5 aromatic rings. The maximum absolute atomic E-state index is 13.8. The average molecular weight is 515 g/mol. The Morgan fingerprint density at radius 3 is 1.97 bits per heavy atom. The Balaban J connectivity index is 1.65. The van der Waals surface area contributed by atoms with E-state index in [0.717, 1.165) is 33.8 Å². The molecule has 0 fully saturated rings. The Morgan fingerprint density at radius 1 is 0.833 bits per heavy atom. The Bertz CT molecular complexity index is 1640. The molecular formula is C28H22N2O4S2. The molecule has 0 bridgehead atoms. The van der Waals surface area contributed by atoms with Crippen molar-refractivity contribution in [1.82, 2.24) is 4.57 Å². The molecule has 0 saturated carbocycles. The van der Waals surface area contributed by atoms with Gasteiger partial charge in [-0.2, -0.15) is 0 Å². The Morgan fingerprint density at radius 2 is 1.39 bits per heavy atom. The third-order valence-electron chi connectivity index (χ3n) is 5.73. The standard InChI is InChI=1S/C28H22N2O4S2/c1-19-17-25(26(21-13-7-3-8-14-21)30(19)22-15-9-4-10-16-22)36(33,34)29-23-18-24(35-27(23)28(31)32)20-11-5-2-6-12-20/h2-18,29H,1H3,(H,31,32). The molecule has 0 spiro atoms. The fourth-order valence-corrected chi connectivity index (χ4v) is 6.53. The average Bonchev–Trinajstić information content (AvgIpc) is 3.47. The number of thiophene rings is 1. The zero-order chi connectivity index (χ0) is 25.3. The van der Waals surface area contributed by atoms with Crippen LogP contribution >= 0.6 is 11.3 Å². The molecule has 36 heavy (non-hydrogen) atoms. The van der Waals surface area contributed by atoms with Gasteiger partial charge in [-0.05, 0) is 42.3 Å². The highest BCUT2D eigenvalue weighted by atomic mass is 32.2. The molecular weight excluding hydrogens is 492 g/mol. The second-order valence-corrected chi connectivity index (χ2v) is 10.9. The summed E-state index contributed by atoms with van der Waals surface area (Å²) in [6, 6.07) is 31.3. The van der Waals surface area contributed by atoms with E-state index in [0.29, 0.717) is 10.6 Å². The first-order valence-electron chi connectivity index (χ1n) is 11.1. The van der Waals surface area contributed by atoms with Crippen LogP contribution < -0.4 is 4.72 Å². The normalized spacial score (nSPS) is 11.4. The number of aromatic carboxylic acids is 1. The van der Waals surface area contributed by atoms with Crippen LogP contribution in [0.25, 0.3) is 27.4 Å². The van der Waals surface area contributed by atoms with Gasteiger partial charge in [0.25, 0.3) is 10.0 Å². The summed E-state index contributed by atoms with van der Waals surface area (Å²) in [7, 11) is -4.15. The van der Waals surface area contributed by atoms with Gasteiger partial charge in [0.2, 0.25) is 0 Å². The SMILES string of the molecule is Cc1cc(S(=O)(=O)Nc2cc(-c3ccccc3)sc2C(=O)O)c(-c2ccccc2)n1-c1ccccc1. The summed E-state index contributed by atoms with van der Waals surface area (Å²) in [6.07, 6.45) is 0. The molecule has 3 aromatic carbocycles. The summed E-state index contributed by atoms with van der Waals surface area (Å²) in [5, 5.41) is 9.79. The van der Waals surface area contributed by atoms with Crippen LogP contribution in [0.15, 0.2) is 108 Å². The van der Waals surface area contributed by atoms with Gasteiger partial charge in [-0.25, -0.2) is 13.2 Å². The lowest BCUT2D eigenvalue weighted by Crippen LogP contribution is -2.15. The number of rotatable bonds is 7. The number of hydrogen-bond acceptors (Lipinski definition) is 4. The van der Waals surface area contributed by atoms with Crippen molar-refractivity contribution in [3.8, 4) is 27.4 Å². The fraction of sp³-hybridized carbons (Fsp3) is 0.0357. The lowest BCUT2D eigenvalue weighted by atomic mass is 10.1. The van der Waals surface area contributed by atoms with E-state index in [9.17, 15) is 18.3 Å². The molecule has 0 radical (unpaired) electrons. The minimum absolute atomic E-state index is 0.0375. The third-order valence-corrected chi connectivity index (χ3v) is 8.28. The molecule has 180 valence electrons. The van der Waals surface area contributed by atoms with Gasteiger partial charge in [0.1, 0.15) is 9.77 Å². The Kier molecular flexibility index (Phi) is 6.22. The zero-order valence-electron chi connectivity index (χ0n) is 19.3. The number of carboxylic acids is 1. The molecule has 0 amide bonds. The highest BCUT2D eigenvalue weighted by Crippen LogP contribution is 2.38. The van der Waals surface area contributed by atoms with Crippen LogP contribution in [0.5, 0.6) is 0 Å². The lowest BCUT2D eigenvalue weighted by Gasteiger charge is -2.14. The van der Waals surface area contributed by atoms with Crippen LogP contribution in [0.4, 0.5) is 5.69 Å². The molecule has 0 saturated heterocycles. The smallest absolute Gasteiger partial charge is 0.348 e. The molecule has 5 rings (SSSR count). The summed E-state index contributed by atoms with van der Waals surface area (Å²) in [5.74, 6) is -1.19. The van der Waals surface area contributed by atoms with Crippen molar-refractivity contribution in [3.05, 3.63) is 114 Å². The van der Waals surface area contributed by atoms with Gasteiger partial charge < -0.3 is 9.67 Å². The number of para-hydroxylation sites is 1. The van der Waals surface area contributed by atoms with E-state index in [1.807, 2.05) is 102 Å². The van der Waals surface area contributed by atoms with Crippen molar-refractivity contribution in [1.29, 1.82) is 0 Å². The van der Waals surface area contributed by atoms with Crippen molar-refractivity contribution in [2.45, 2.75) is 11.8 Å². The predicted octanol–water partition coefficient (Wildman–Crippen LogP) is 6.68. The van der Waals surface area contributed by atoms with E-state index in [2.05, 4.69) is 4.72 Å². The van der Waals surface area contributed by atoms with E-state index in [4.69, 9.17) is 0 Å². The van der Waals surface area contributed by atoms with Crippen LogP contribution in [0.2, 0.25) is 0 Å². The van der Waals surface area contributed by atoms with Gasteiger partial charge in [0, 0.05) is 16.3 Å². The van der Waals surface area contributed by atoms with Crippen molar-refractivity contribution < 1.29 is 18.3 Å². The highest BCUT2D eigenvalue weighted by Gasteiger charge is 2.28. The van der Waals surface area contributed by atoms with Gasteiger partial charge in [-0.15, -0.1) is 11.3 Å². The summed E-state index contributed by atoms with van der Waals surface area (Å²) >= 11 is 1.03. The van der Waals surface area contributed by atoms with E-state index >= 15 is 0 Å². The van der Waals surface area contributed by atoms with Crippen molar-refractivity contribution in [2.75, 3.05) is 4.72 Å². The van der Waals surface area contributed by atoms with E-state index < -0.39 is 16.0 Å². The summed E-state index contributed by atoms with van der Waals surface area (Å²) < 4.78 is 32.1. The topological polar surface area (TPSA) is 88.4 Å². The molecule has 0 aliphatic heterocycles. The monoisotopic (exact) mass is 514 g/mol. The molecule has 2 N–H and O–H groups in total. The predicted molar refractivity (Wildman–Crippen MR) is 143 cm³/mol. The maximum Gasteiger partial charge on any atom is 0.348 e. The summed E-state index contributed by atoms with van der Waals surface area (Å²) in [5.41, 5.74) is 3.63. The zero-order valence-corrected chi connectivity index (χ0v) is 20.9. The van der Waals surface area contributed by atoms with Crippen LogP contribution in [-0.2, 0) is 10.0 Å². The van der Waals surface area contributed by atoms with Crippen molar-refractivity contribution in [2.24, 2.45) is 0 Å². The number of anilines is 1. The van der Waals surface area contributed by atoms with E-state index in [1.165, 1.54) is 0 Å². The second-order valence-electron chi connectivity index (χ2n) is 8.17. The van der Waals surface area contributed by atoms with Gasteiger partial charge in [-0.3, -0.25) is 4.72 Å². The number of carboxylic acid groups (broad SMARTS) is 1. The van der Waals surface area contributed by atoms with E-state index in [-0.39, 0.29) is 15.5 Å². The summed E-state index contributed by atoms with van der Waals surface area (Å²) in [4.78, 5) is 12.6. The maximum atomic E-state index is 13.8. The number of carbonyl (C=O) groups is 1. The van der Waals surface area contributed by atoms with Crippen molar-refractivity contribution >= 4 is 33.0 Å². The minimum atomic E-state index is -4.15. The number of nitrogens with one attached hydrogen (secondary N) is 1. The number of hydrogen-bond donors (Lipinski definition) is 2. The van der Waals surface area contributed by atoms with Gasteiger partial charge in [0.15, 0.2) is 0 Å². The van der Waals surface area contributed by atoms with Crippen LogP contribution in [-0.4, -0.2) is 24.1 Å². The number of sulfonamides is 1. The van der Waals surface area contributed by atoms with Crippen LogP contribution in [0.3, 0.4) is 0 Å². The van der Waals surface area contributed by atoms with Gasteiger partial charge in [0.05, 0.1) is 11.4 Å². The third kappa shape index (κ3) is 4.44. The first kappa shape index (κ1) is 23.6. The largest absolute Gasteiger partial charge is 0.477 e. The number of aromatic nitrogens is 1. The molecule has 0 atom stereocenters. The van der Waals surface area contributed by atoms with E-state index in [1.54, 1.807) is 12.1 Å². The number of aryl methyl sites for hydroxylation is 1. The summed E-state index contributed by atoms with van der Waals surface area (Å²) in [6.45, 7) is 1.85. The lowest BCUT2D eigenvalue weighted by molar-refractivity contribution is 0.0703. The second kappa shape index (κ2) is 9.49. The molecule has 0 aliphatic rings. The Labute approximate surface area is 213 Å². The number of nitrogens with zero attached hydrogens (tertiary/aromatic N) is 1.